The third-order valence-corrected chi connectivity index (χ3v) is 3.77. The summed E-state index contributed by atoms with van der Waals surface area (Å²) in [5.41, 5.74) is -0.969. The summed E-state index contributed by atoms with van der Waals surface area (Å²) in [5, 5.41) is 13.1. The highest BCUT2D eigenvalue weighted by atomic mass is 35.5. The molecule has 0 saturated carbocycles. The van der Waals surface area contributed by atoms with E-state index in [4.69, 9.17) is 27.9 Å². The summed E-state index contributed by atoms with van der Waals surface area (Å²) in [6, 6.07) is 4.35. The van der Waals surface area contributed by atoms with E-state index in [1.165, 1.54) is 0 Å². The molecule has 1 aliphatic rings. The lowest BCUT2D eigenvalue weighted by Gasteiger charge is -2.20. The zero-order chi connectivity index (χ0) is 16.5. The Hall–Kier alpha value is -1.50. The third kappa shape index (κ3) is 3.45. The van der Waals surface area contributed by atoms with Gasteiger partial charge in [-0.25, -0.2) is 4.79 Å². The number of amides is 3. The second-order valence-electron chi connectivity index (χ2n) is 5.49. The van der Waals surface area contributed by atoms with Gasteiger partial charge < -0.3 is 15.2 Å². The van der Waals surface area contributed by atoms with Gasteiger partial charge in [0.15, 0.2) is 5.75 Å². The fraction of sp³-hybridized carbons (Fsp3) is 0.429. The first kappa shape index (κ1) is 16.9. The molecule has 1 saturated heterocycles. The minimum absolute atomic E-state index is 0.152. The number of carbonyl (C=O) groups is 2. The standard InChI is InChI=1S/C14H16Cl2N2O4/c1-14(2)12(20)18(13(21)17-14)6-8(19)7-22-11-9(15)4-3-5-10(11)16/h3-5,8,19H,6-7H2,1-2H3,(H,17,21). The normalized spacial score (nSPS) is 18.3. The minimum atomic E-state index is -1.06. The van der Waals surface area contributed by atoms with Gasteiger partial charge in [-0.05, 0) is 26.0 Å². The van der Waals surface area contributed by atoms with Crippen LogP contribution in [0.3, 0.4) is 0 Å². The van der Waals surface area contributed by atoms with Crippen LogP contribution in [0.15, 0.2) is 18.2 Å². The number of hydrogen-bond acceptors (Lipinski definition) is 4. The Kier molecular flexibility index (Phi) is 4.84. The van der Waals surface area contributed by atoms with Crippen LogP contribution >= 0.6 is 23.2 Å². The van der Waals surface area contributed by atoms with Gasteiger partial charge in [0.25, 0.3) is 5.91 Å². The summed E-state index contributed by atoms with van der Waals surface area (Å²) in [5.74, 6) is -0.144. The highest BCUT2D eigenvalue weighted by molar-refractivity contribution is 6.37. The first-order chi connectivity index (χ1) is 10.2. The fourth-order valence-electron chi connectivity index (χ4n) is 2.05. The number of aliphatic hydroxyl groups is 1. The highest BCUT2D eigenvalue weighted by Crippen LogP contribution is 2.32. The Bertz CT molecular complexity index is 586. The van der Waals surface area contributed by atoms with Crippen LogP contribution in [0.1, 0.15) is 13.8 Å². The molecule has 0 aliphatic carbocycles. The number of halogens is 2. The summed E-state index contributed by atoms with van der Waals surface area (Å²) in [6.07, 6.45) is -1.06. The van der Waals surface area contributed by atoms with Gasteiger partial charge in [-0.2, -0.15) is 0 Å². The maximum atomic E-state index is 12.0. The van der Waals surface area contributed by atoms with Gasteiger partial charge in [0, 0.05) is 0 Å². The van der Waals surface area contributed by atoms with Gasteiger partial charge in [0.2, 0.25) is 0 Å². The van der Waals surface area contributed by atoms with E-state index in [0.717, 1.165) is 4.90 Å². The van der Waals surface area contributed by atoms with Gasteiger partial charge in [-0.3, -0.25) is 9.69 Å². The molecular weight excluding hydrogens is 331 g/mol. The molecule has 0 radical (unpaired) electrons. The van der Waals surface area contributed by atoms with E-state index in [-0.39, 0.29) is 18.9 Å². The molecule has 6 nitrogen and oxygen atoms in total. The second kappa shape index (κ2) is 6.32. The number of nitrogens with zero attached hydrogens (tertiary/aromatic N) is 1. The van der Waals surface area contributed by atoms with Crippen molar-refractivity contribution in [3.05, 3.63) is 28.2 Å². The van der Waals surface area contributed by atoms with Gasteiger partial charge in [-0.15, -0.1) is 0 Å². The summed E-state index contributed by atoms with van der Waals surface area (Å²) < 4.78 is 5.38. The van der Waals surface area contributed by atoms with Gasteiger partial charge >= 0.3 is 6.03 Å². The van der Waals surface area contributed by atoms with Crippen molar-refractivity contribution in [2.24, 2.45) is 0 Å². The number of benzene rings is 1. The average Bonchev–Trinajstić information content (AvgIpc) is 2.60. The van der Waals surface area contributed by atoms with E-state index < -0.39 is 23.6 Å². The van der Waals surface area contributed by atoms with Crippen LogP contribution in [0.2, 0.25) is 10.0 Å². The zero-order valence-electron chi connectivity index (χ0n) is 12.1. The summed E-state index contributed by atoms with van der Waals surface area (Å²) >= 11 is 11.9. The number of urea groups is 1. The number of carbonyl (C=O) groups excluding carboxylic acids is 2. The molecule has 1 atom stereocenters. The molecule has 0 aromatic heterocycles. The van der Waals surface area contributed by atoms with E-state index in [0.29, 0.717) is 10.0 Å². The van der Waals surface area contributed by atoms with Crippen LogP contribution < -0.4 is 10.1 Å². The quantitative estimate of drug-likeness (QED) is 0.800. The van der Waals surface area contributed by atoms with Gasteiger partial charge in [0.1, 0.15) is 18.2 Å². The van der Waals surface area contributed by atoms with Crippen LogP contribution in [0.5, 0.6) is 5.75 Å². The number of β-amino-alcohol motifs (C(OH)–C–C–N with tert-alkyl or cyclic N) is 1. The van der Waals surface area contributed by atoms with Crippen molar-refractivity contribution in [2.75, 3.05) is 13.2 Å². The predicted octanol–water partition coefficient (Wildman–Crippen LogP) is 2.06. The van der Waals surface area contributed by atoms with Crippen LogP contribution in [0, 0.1) is 0 Å². The Labute approximate surface area is 137 Å². The molecule has 0 spiro atoms. The SMILES string of the molecule is CC1(C)NC(=O)N(CC(O)COc2c(Cl)cccc2Cl)C1=O. The molecule has 1 fully saturated rings. The van der Waals surface area contributed by atoms with E-state index >= 15 is 0 Å². The van der Waals surface area contributed by atoms with Gasteiger partial charge in [0.05, 0.1) is 16.6 Å². The number of imide groups is 1. The molecule has 22 heavy (non-hydrogen) atoms. The lowest BCUT2D eigenvalue weighted by atomic mass is 10.1. The molecule has 2 N–H and O–H groups in total. The molecule has 120 valence electrons. The topological polar surface area (TPSA) is 78.9 Å². The number of ether oxygens (including phenoxy) is 1. The number of hydrogen-bond donors (Lipinski definition) is 2. The van der Waals surface area contributed by atoms with Crippen molar-refractivity contribution in [3.8, 4) is 5.75 Å². The third-order valence-electron chi connectivity index (χ3n) is 3.18. The predicted molar refractivity (Wildman–Crippen MR) is 82.3 cm³/mol. The first-order valence-corrected chi connectivity index (χ1v) is 7.37. The van der Waals surface area contributed by atoms with E-state index in [1.807, 2.05) is 0 Å². The lowest BCUT2D eigenvalue weighted by molar-refractivity contribution is -0.131. The van der Waals surface area contributed by atoms with E-state index in [1.54, 1.807) is 32.0 Å². The summed E-state index contributed by atoms with van der Waals surface area (Å²) in [4.78, 5) is 24.7. The van der Waals surface area contributed by atoms with Crippen molar-refractivity contribution in [1.82, 2.24) is 10.2 Å². The van der Waals surface area contributed by atoms with Crippen molar-refractivity contribution in [1.29, 1.82) is 0 Å². The van der Waals surface area contributed by atoms with Crippen LogP contribution in [0.25, 0.3) is 0 Å². The smallest absolute Gasteiger partial charge is 0.325 e. The summed E-state index contributed by atoms with van der Waals surface area (Å²) in [7, 11) is 0. The number of rotatable bonds is 5. The lowest BCUT2D eigenvalue weighted by Crippen LogP contribution is -2.42. The van der Waals surface area contributed by atoms with Crippen molar-refractivity contribution in [3.63, 3.8) is 0 Å². The van der Waals surface area contributed by atoms with E-state index in [2.05, 4.69) is 5.32 Å². The zero-order valence-corrected chi connectivity index (χ0v) is 13.6. The molecular formula is C14H16Cl2N2O4. The molecule has 2 rings (SSSR count). The second-order valence-corrected chi connectivity index (χ2v) is 6.30. The number of nitrogens with one attached hydrogen (secondary N) is 1. The maximum Gasteiger partial charge on any atom is 0.325 e. The van der Waals surface area contributed by atoms with Crippen molar-refractivity contribution < 1.29 is 19.4 Å². The molecule has 8 heteroatoms. The fourth-order valence-corrected chi connectivity index (χ4v) is 2.55. The molecule has 1 aliphatic heterocycles. The van der Waals surface area contributed by atoms with Crippen molar-refractivity contribution >= 4 is 35.1 Å². The first-order valence-electron chi connectivity index (χ1n) is 6.61. The van der Waals surface area contributed by atoms with Crippen LogP contribution in [-0.4, -0.2) is 46.7 Å². The molecule has 1 aromatic rings. The molecule has 1 aromatic carbocycles. The average molecular weight is 347 g/mol. The molecule has 1 unspecified atom stereocenters. The molecule has 0 bridgehead atoms. The highest BCUT2D eigenvalue weighted by Gasteiger charge is 2.44. The number of aliphatic hydroxyl groups excluding tert-OH is 1. The van der Waals surface area contributed by atoms with Gasteiger partial charge in [-0.1, -0.05) is 29.3 Å². The Morgan fingerprint density at radius 1 is 1.32 bits per heavy atom. The largest absolute Gasteiger partial charge is 0.488 e. The Morgan fingerprint density at radius 3 is 2.41 bits per heavy atom. The van der Waals surface area contributed by atoms with Crippen LogP contribution in [0.4, 0.5) is 4.79 Å². The maximum absolute atomic E-state index is 12.0. The molecule has 3 amide bonds. The van der Waals surface area contributed by atoms with Crippen LogP contribution in [-0.2, 0) is 4.79 Å². The Balaban J connectivity index is 1.95. The minimum Gasteiger partial charge on any atom is -0.488 e. The monoisotopic (exact) mass is 346 g/mol. The molecule has 1 heterocycles. The van der Waals surface area contributed by atoms with E-state index in [9.17, 15) is 14.7 Å². The Morgan fingerprint density at radius 2 is 1.91 bits per heavy atom. The van der Waals surface area contributed by atoms with Crippen molar-refractivity contribution in [2.45, 2.75) is 25.5 Å². The number of para-hydroxylation sites is 1. The summed E-state index contributed by atoms with van der Waals surface area (Å²) in [6.45, 7) is 2.87.